The molecule has 0 unspecified atom stereocenters. The number of fused-ring (bicyclic) bond motifs is 1. The third-order valence-electron chi connectivity index (χ3n) is 5.28. The van der Waals surface area contributed by atoms with Crippen molar-refractivity contribution in [2.75, 3.05) is 36.4 Å². The predicted octanol–water partition coefficient (Wildman–Crippen LogP) is 3.24. The van der Waals surface area contributed by atoms with Gasteiger partial charge in [0.05, 0.1) is 0 Å². The van der Waals surface area contributed by atoms with Gasteiger partial charge in [-0.05, 0) is 49.7 Å². The van der Waals surface area contributed by atoms with E-state index in [4.69, 9.17) is 0 Å². The van der Waals surface area contributed by atoms with Crippen LogP contribution in [-0.2, 0) is 6.54 Å². The Labute approximate surface area is 182 Å². The fraction of sp³-hybridized carbons (Fsp3) is 0.333. The van der Waals surface area contributed by atoms with Gasteiger partial charge in [0, 0.05) is 49.1 Å². The number of hydrogen-bond donors (Lipinski definition) is 1. The van der Waals surface area contributed by atoms with Crippen molar-refractivity contribution in [1.29, 1.82) is 0 Å². The number of carbonyl (C=O) groups is 1. The zero-order chi connectivity index (χ0) is 21.3. The van der Waals surface area contributed by atoms with Gasteiger partial charge in [0.25, 0.3) is 5.56 Å². The number of hydrogen-bond acceptors (Lipinski definition) is 5. The average molecular weight is 471 g/mol. The number of aryl methyl sites for hydroxylation is 2. The average Bonchev–Trinajstić information content (AvgIpc) is 2.76. The van der Waals surface area contributed by atoms with Gasteiger partial charge in [-0.25, -0.2) is 14.8 Å². The Balaban J connectivity index is 1.48. The number of halogens is 1. The molecule has 1 aromatic carbocycles. The second-order valence-corrected chi connectivity index (χ2v) is 8.05. The number of piperazine rings is 1. The summed E-state index contributed by atoms with van der Waals surface area (Å²) in [5.74, 6) is 0.418. The first-order valence-electron chi connectivity index (χ1n) is 9.90. The minimum Gasteiger partial charge on any atom is -0.348 e. The molecule has 8 nitrogen and oxygen atoms in total. The highest BCUT2D eigenvalue weighted by Crippen LogP contribution is 2.21. The number of amides is 2. The SMILES string of the molecule is CCn1c(=O)c(N2CCN(C(=O)Nc3ccc(Br)c(C)c3)CC2)nc2cccnc21. The molecule has 1 aliphatic heterocycles. The van der Waals surface area contributed by atoms with E-state index in [2.05, 4.69) is 31.2 Å². The Morgan fingerprint density at radius 3 is 2.67 bits per heavy atom. The van der Waals surface area contributed by atoms with Crippen molar-refractivity contribution in [3.63, 3.8) is 0 Å². The molecule has 0 atom stereocenters. The van der Waals surface area contributed by atoms with E-state index in [1.54, 1.807) is 15.7 Å². The zero-order valence-corrected chi connectivity index (χ0v) is 18.5. The summed E-state index contributed by atoms with van der Waals surface area (Å²) < 4.78 is 2.65. The minimum absolute atomic E-state index is 0.141. The van der Waals surface area contributed by atoms with Crippen LogP contribution in [0.4, 0.5) is 16.3 Å². The maximum absolute atomic E-state index is 13.0. The lowest BCUT2D eigenvalue weighted by Crippen LogP contribution is -2.51. The summed E-state index contributed by atoms with van der Waals surface area (Å²) in [5.41, 5.74) is 2.96. The van der Waals surface area contributed by atoms with Gasteiger partial charge < -0.3 is 15.1 Å². The zero-order valence-electron chi connectivity index (χ0n) is 16.9. The van der Waals surface area contributed by atoms with Crippen LogP contribution >= 0.6 is 15.9 Å². The molecule has 1 N–H and O–H groups in total. The van der Waals surface area contributed by atoms with Crippen molar-refractivity contribution < 1.29 is 4.79 Å². The second kappa shape index (κ2) is 8.43. The summed E-state index contributed by atoms with van der Waals surface area (Å²) in [5, 5.41) is 2.95. The maximum atomic E-state index is 13.0. The van der Waals surface area contributed by atoms with Crippen molar-refractivity contribution in [2.24, 2.45) is 0 Å². The Kier molecular flexibility index (Phi) is 5.72. The molecule has 2 amide bonds. The van der Waals surface area contributed by atoms with E-state index in [9.17, 15) is 9.59 Å². The van der Waals surface area contributed by atoms with E-state index in [0.29, 0.717) is 49.7 Å². The van der Waals surface area contributed by atoms with Crippen LogP contribution in [0.5, 0.6) is 0 Å². The van der Waals surface area contributed by atoms with Gasteiger partial charge in [0.15, 0.2) is 11.5 Å². The lowest BCUT2D eigenvalue weighted by atomic mass is 10.2. The fourth-order valence-electron chi connectivity index (χ4n) is 3.61. The molecule has 0 bridgehead atoms. The van der Waals surface area contributed by atoms with Gasteiger partial charge in [-0.1, -0.05) is 15.9 Å². The normalized spacial score (nSPS) is 14.2. The Morgan fingerprint density at radius 1 is 1.20 bits per heavy atom. The first kappa shape index (κ1) is 20.3. The predicted molar refractivity (Wildman–Crippen MR) is 121 cm³/mol. The molecule has 1 aliphatic rings. The Hall–Kier alpha value is -2.94. The van der Waals surface area contributed by atoms with E-state index < -0.39 is 0 Å². The van der Waals surface area contributed by atoms with Gasteiger partial charge >= 0.3 is 6.03 Å². The molecule has 0 saturated carbocycles. The number of urea groups is 1. The molecule has 4 rings (SSSR count). The number of pyridine rings is 1. The quantitative estimate of drug-likeness (QED) is 0.634. The van der Waals surface area contributed by atoms with E-state index in [-0.39, 0.29) is 11.6 Å². The number of rotatable bonds is 3. The standard InChI is InChI=1S/C21H23BrN6O2/c1-3-28-18-17(5-4-8-23-18)25-19(20(28)29)26-9-11-27(12-10-26)21(30)24-15-6-7-16(22)14(2)13-15/h4-8,13H,3,9-12H2,1-2H3,(H,24,30). The summed E-state index contributed by atoms with van der Waals surface area (Å²) in [6, 6.07) is 9.25. The topological polar surface area (TPSA) is 83.4 Å². The summed E-state index contributed by atoms with van der Waals surface area (Å²) in [6.45, 7) is 6.55. The van der Waals surface area contributed by atoms with E-state index in [1.807, 2.05) is 49.1 Å². The Morgan fingerprint density at radius 2 is 1.97 bits per heavy atom. The van der Waals surface area contributed by atoms with Crippen LogP contribution < -0.4 is 15.8 Å². The van der Waals surface area contributed by atoms with Crippen LogP contribution in [-0.4, -0.2) is 51.6 Å². The highest BCUT2D eigenvalue weighted by molar-refractivity contribution is 9.10. The molecule has 156 valence electrons. The lowest BCUT2D eigenvalue weighted by molar-refractivity contribution is 0.208. The molecular weight excluding hydrogens is 448 g/mol. The molecule has 0 radical (unpaired) electrons. The molecule has 0 aliphatic carbocycles. The van der Waals surface area contributed by atoms with Gasteiger partial charge in [0.2, 0.25) is 0 Å². The van der Waals surface area contributed by atoms with Gasteiger partial charge in [-0.2, -0.15) is 0 Å². The molecule has 3 aromatic rings. The van der Waals surface area contributed by atoms with Crippen molar-refractivity contribution in [3.05, 3.63) is 56.9 Å². The summed E-state index contributed by atoms with van der Waals surface area (Å²) in [6.07, 6.45) is 1.67. The Bertz CT molecular complexity index is 1150. The van der Waals surface area contributed by atoms with Crippen molar-refractivity contribution in [2.45, 2.75) is 20.4 Å². The number of anilines is 2. The van der Waals surface area contributed by atoms with Crippen LogP contribution in [0.15, 0.2) is 45.8 Å². The van der Waals surface area contributed by atoms with Crippen molar-refractivity contribution in [3.8, 4) is 0 Å². The third-order valence-corrected chi connectivity index (χ3v) is 6.17. The molecule has 9 heteroatoms. The summed E-state index contributed by atoms with van der Waals surface area (Å²) >= 11 is 3.47. The molecule has 1 saturated heterocycles. The van der Waals surface area contributed by atoms with Crippen LogP contribution in [0.1, 0.15) is 12.5 Å². The molecule has 2 aromatic heterocycles. The third kappa shape index (κ3) is 3.89. The van der Waals surface area contributed by atoms with E-state index in [0.717, 1.165) is 15.7 Å². The van der Waals surface area contributed by atoms with Crippen LogP contribution in [0.3, 0.4) is 0 Å². The largest absolute Gasteiger partial charge is 0.348 e. The number of nitrogens with zero attached hydrogens (tertiary/aromatic N) is 5. The number of nitrogens with one attached hydrogen (secondary N) is 1. The van der Waals surface area contributed by atoms with E-state index >= 15 is 0 Å². The molecular formula is C21H23BrN6O2. The number of carbonyl (C=O) groups excluding carboxylic acids is 1. The fourth-order valence-corrected chi connectivity index (χ4v) is 3.85. The molecule has 3 heterocycles. The second-order valence-electron chi connectivity index (χ2n) is 7.20. The highest BCUT2D eigenvalue weighted by atomic mass is 79.9. The summed E-state index contributed by atoms with van der Waals surface area (Å²) in [4.78, 5) is 38.2. The summed E-state index contributed by atoms with van der Waals surface area (Å²) in [7, 11) is 0. The minimum atomic E-state index is -0.146. The first-order valence-corrected chi connectivity index (χ1v) is 10.7. The van der Waals surface area contributed by atoms with Gasteiger partial charge in [0.1, 0.15) is 5.52 Å². The highest BCUT2D eigenvalue weighted by Gasteiger charge is 2.25. The van der Waals surface area contributed by atoms with Crippen molar-refractivity contribution >= 4 is 44.6 Å². The number of aromatic nitrogens is 3. The molecule has 0 spiro atoms. The smallest absolute Gasteiger partial charge is 0.321 e. The van der Waals surface area contributed by atoms with Crippen LogP contribution in [0.25, 0.3) is 11.2 Å². The molecule has 30 heavy (non-hydrogen) atoms. The first-order chi connectivity index (χ1) is 14.5. The number of benzene rings is 1. The van der Waals surface area contributed by atoms with Gasteiger partial charge in [-0.3, -0.25) is 9.36 Å². The lowest BCUT2D eigenvalue weighted by Gasteiger charge is -2.35. The van der Waals surface area contributed by atoms with Crippen molar-refractivity contribution in [1.82, 2.24) is 19.4 Å². The monoisotopic (exact) mass is 470 g/mol. The van der Waals surface area contributed by atoms with Gasteiger partial charge in [-0.15, -0.1) is 0 Å². The molecule has 1 fully saturated rings. The maximum Gasteiger partial charge on any atom is 0.321 e. The van der Waals surface area contributed by atoms with E-state index in [1.165, 1.54) is 0 Å². The van der Waals surface area contributed by atoms with Crippen LogP contribution in [0.2, 0.25) is 0 Å². The van der Waals surface area contributed by atoms with Crippen LogP contribution in [0, 0.1) is 6.92 Å².